The van der Waals surface area contributed by atoms with E-state index in [4.69, 9.17) is 4.74 Å². The Balaban J connectivity index is 1.53. The minimum absolute atomic E-state index is 0.000723. The summed E-state index contributed by atoms with van der Waals surface area (Å²) in [5.41, 5.74) is 2.43. The van der Waals surface area contributed by atoms with Gasteiger partial charge in [0.25, 0.3) is 5.91 Å². The number of hydrogen-bond donors (Lipinski definition) is 1. The number of amides is 1. The first-order valence-corrected chi connectivity index (χ1v) is 12.7. The predicted molar refractivity (Wildman–Crippen MR) is 125 cm³/mol. The summed E-state index contributed by atoms with van der Waals surface area (Å²) in [6, 6.07) is 20.9. The second-order valence-electron chi connectivity index (χ2n) is 7.46. The number of carbonyl (C=O) groups is 1. The summed E-state index contributed by atoms with van der Waals surface area (Å²) in [7, 11) is -3.06. The largest absolute Gasteiger partial charge is 0.489 e. The van der Waals surface area contributed by atoms with Crippen molar-refractivity contribution in [3.05, 3.63) is 88.1 Å². The summed E-state index contributed by atoms with van der Waals surface area (Å²) >= 11 is 1.47. The third-order valence-corrected chi connectivity index (χ3v) is 7.69. The molecule has 1 saturated heterocycles. The SMILES string of the molecule is O=C(NC1CCS(=O)(=O)C1)/C(=C/c1cccc(OCc2ccccc2)c1)c1cccs1. The lowest BCUT2D eigenvalue weighted by Crippen LogP contribution is -2.35. The van der Waals surface area contributed by atoms with E-state index in [1.807, 2.05) is 78.2 Å². The van der Waals surface area contributed by atoms with Gasteiger partial charge in [-0.2, -0.15) is 0 Å². The van der Waals surface area contributed by atoms with Crippen molar-refractivity contribution in [2.45, 2.75) is 19.1 Å². The fourth-order valence-electron chi connectivity index (χ4n) is 3.45. The predicted octanol–water partition coefficient (Wildman–Crippen LogP) is 4.17. The number of sulfone groups is 1. The van der Waals surface area contributed by atoms with Gasteiger partial charge in [-0.25, -0.2) is 8.42 Å². The van der Waals surface area contributed by atoms with Crippen LogP contribution in [0.4, 0.5) is 0 Å². The van der Waals surface area contributed by atoms with Crippen LogP contribution in [0.1, 0.15) is 22.4 Å². The third-order valence-electron chi connectivity index (χ3n) is 5.02. The fraction of sp³-hybridized carbons (Fsp3) is 0.208. The molecule has 4 rings (SSSR count). The van der Waals surface area contributed by atoms with Crippen molar-refractivity contribution in [1.82, 2.24) is 5.32 Å². The van der Waals surface area contributed by atoms with Crippen molar-refractivity contribution >= 4 is 38.7 Å². The Hall–Kier alpha value is -2.90. The van der Waals surface area contributed by atoms with Gasteiger partial charge in [-0.1, -0.05) is 48.5 Å². The molecule has 1 unspecified atom stereocenters. The Morgan fingerprint density at radius 3 is 2.65 bits per heavy atom. The van der Waals surface area contributed by atoms with Gasteiger partial charge in [-0.15, -0.1) is 11.3 Å². The van der Waals surface area contributed by atoms with Gasteiger partial charge in [0.15, 0.2) is 9.84 Å². The van der Waals surface area contributed by atoms with Crippen LogP contribution in [0, 0.1) is 0 Å². The molecule has 1 aliphatic rings. The quantitative estimate of drug-likeness (QED) is 0.545. The summed E-state index contributed by atoms with van der Waals surface area (Å²) < 4.78 is 29.4. The molecule has 3 aromatic rings. The zero-order valence-corrected chi connectivity index (χ0v) is 18.5. The van der Waals surface area contributed by atoms with Crippen LogP contribution in [0.25, 0.3) is 11.6 Å². The van der Waals surface area contributed by atoms with Crippen molar-refractivity contribution in [1.29, 1.82) is 0 Å². The highest BCUT2D eigenvalue weighted by Crippen LogP contribution is 2.26. The van der Waals surface area contributed by atoms with Crippen molar-refractivity contribution in [2.75, 3.05) is 11.5 Å². The average Bonchev–Trinajstić information content (AvgIpc) is 3.41. The van der Waals surface area contributed by atoms with Crippen LogP contribution in [-0.4, -0.2) is 31.9 Å². The lowest BCUT2D eigenvalue weighted by molar-refractivity contribution is -0.116. The Bertz CT molecular complexity index is 1170. The number of hydrogen-bond acceptors (Lipinski definition) is 5. The normalized spacial score (nSPS) is 17.9. The molecular weight excluding hydrogens is 430 g/mol. The summed E-state index contributed by atoms with van der Waals surface area (Å²) in [4.78, 5) is 13.8. The van der Waals surface area contributed by atoms with Gasteiger partial charge in [0, 0.05) is 10.9 Å². The van der Waals surface area contributed by atoms with Crippen LogP contribution >= 0.6 is 11.3 Å². The molecule has 2 heterocycles. The van der Waals surface area contributed by atoms with Crippen LogP contribution in [0.2, 0.25) is 0 Å². The summed E-state index contributed by atoms with van der Waals surface area (Å²) in [5.74, 6) is 0.571. The van der Waals surface area contributed by atoms with Gasteiger partial charge in [-0.3, -0.25) is 4.79 Å². The Morgan fingerprint density at radius 1 is 1.10 bits per heavy atom. The van der Waals surface area contributed by atoms with E-state index in [2.05, 4.69) is 5.32 Å². The summed E-state index contributed by atoms with van der Waals surface area (Å²) in [6.07, 6.45) is 2.27. The highest BCUT2D eigenvalue weighted by atomic mass is 32.2. The number of benzene rings is 2. The highest BCUT2D eigenvalue weighted by molar-refractivity contribution is 7.91. The monoisotopic (exact) mass is 453 g/mol. The molecule has 7 heteroatoms. The molecule has 0 radical (unpaired) electrons. The van der Waals surface area contributed by atoms with Crippen molar-refractivity contribution in [3.8, 4) is 5.75 Å². The first-order valence-electron chi connectivity index (χ1n) is 10.0. The molecule has 31 heavy (non-hydrogen) atoms. The molecular formula is C24H23NO4S2. The van der Waals surface area contributed by atoms with E-state index in [0.29, 0.717) is 24.4 Å². The van der Waals surface area contributed by atoms with Crippen molar-refractivity contribution in [3.63, 3.8) is 0 Å². The zero-order valence-electron chi connectivity index (χ0n) is 16.9. The standard InChI is InChI=1S/C24H23NO4S2/c26-24(25-20-11-13-31(27,28)17-20)22(23-10-5-12-30-23)15-19-8-4-9-21(14-19)29-16-18-6-2-1-3-7-18/h1-10,12,14-15,20H,11,13,16-17H2,(H,25,26)/b22-15+. The number of rotatable bonds is 7. The minimum atomic E-state index is -3.06. The van der Waals surface area contributed by atoms with Gasteiger partial charge in [0.2, 0.25) is 0 Å². The average molecular weight is 454 g/mol. The fourth-order valence-corrected chi connectivity index (χ4v) is 5.87. The molecule has 0 spiro atoms. The van der Waals surface area contributed by atoms with Gasteiger partial charge in [0.1, 0.15) is 12.4 Å². The number of thiophene rings is 1. The molecule has 1 amide bonds. The Morgan fingerprint density at radius 2 is 1.94 bits per heavy atom. The van der Waals surface area contributed by atoms with Crippen LogP contribution in [-0.2, 0) is 21.2 Å². The molecule has 2 aromatic carbocycles. The van der Waals surface area contributed by atoms with E-state index in [-0.39, 0.29) is 23.5 Å². The summed E-state index contributed by atoms with van der Waals surface area (Å²) in [5, 5.41) is 4.81. The van der Waals surface area contributed by atoms with E-state index in [1.54, 1.807) is 0 Å². The topological polar surface area (TPSA) is 72.5 Å². The maximum absolute atomic E-state index is 13.0. The van der Waals surface area contributed by atoms with Crippen molar-refractivity contribution < 1.29 is 17.9 Å². The number of nitrogens with one attached hydrogen (secondary N) is 1. The van der Waals surface area contributed by atoms with Crippen molar-refractivity contribution in [2.24, 2.45) is 0 Å². The number of ether oxygens (including phenoxy) is 1. The molecule has 0 bridgehead atoms. The lowest BCUT2D eigenvalue weighted by atomic mass is 10.1. The van der Waals surface area contributed by atoms with Crippen LogP contribution in [0.5, 0.6) is 5.75 Å². The number of carbonyl (C=O) groups excluding carboxylic acids is 1. The van der Waals surface area contributed by atoms with E-state index >= 15 is 0 Å². The third kappa shape index (κ3) is 5.83. The smallest absolute Gasteiger partial charge is 0.252 e. The second kappa shape index (κ2) is 9.49. The van der Waals surface area contributed by atoms with Crippen LogP contribution in [0.15, 0.2) is 72.1 Å². The van der Waals surface area contributed by atoms with Crippen LogP contribution in [0.3, 0.4) is 0 Å². The van der Waals surface area contributed by atoms with Gasteiger partial charge in [0.05, 0.1) is 17.1 Å². The van der Waals surface area contributed by atoms with Gasteiger partial charge < -0.3 is 10.1 Å². The molecule has 1 atom stereocenters. The molecule has 160 valence electrons. The summed E-state index contributed by atoms with van der Waals surface area (Å²) in [6.45, 7) is 0.461. The van der Waals surface area contributed by atoms with Crippen LogP contribution < -0.4 is 10.1 Å². The zero-order chi connectivity index (χ0) is 21.7. The maximum Gasteiger partial charge on any atom is 0.252 e. The molecule has 0 aliphatic carbocycles. The molecule has 1 N–H and O–H groups in total. The Labute approximate surface area is 186 Å². The van der Waals surface area contributed by atoms with Gasteiger partial charge in [-0.05, 0) is 47.2 Å². The molecule has 0 saturated carbocycles. The van der Waals surface area contributed by atoms with E-state index in [1.165, 1.54) is 11.3 Å². The first kappa shape index (κ1) is 21.3. The second-order valence-corrected chi connectivity index (χ2v) is 10.6. The van der Waals surface area contributed by atoms with E-state index < -0.39 is 9.84 Å². The van der Waals surface area contributed by atoms with E-state index in [9.17, 15) is 13.2 Å². The molecule has 5 nitrogen and oxygen atoms in total. The molecule has 1 aromatic heterocycles. The van der Waals surface area contributed by atoms with Gasteiger partial charge >= 0.3 is 0 Å². The minimum Gasteiger partial charge on any atom is -0.489 e. The maximum atomic E-state index is 13.0. The molecule has 1 fully saturated rings. The molecule has 1 aliphatic heterocycles. The Kier molecular flexibility index (Phi) is 6.53. The lowest BCUT2D eigenvalue weighted by Gasteiger charge is -2.13. The first-order chi connectivity index (χ1) is 15.0. The van der Waals surface area contributed by atoms with E-state index in [0.717, 1.165) is 16.0 Å². The highest BCUT2D eigenvalue weighted by Gasteiger charge is 2.29.